The lowest BCUT2D eigenvalue weighted by atomic mass is 10.2. The van der Waals surface area contributed by atoms with E-state index in [4.69, 9.17) is 7.80 Å². The van der Waals surface area contributed by atoms with E-state index in [9.17, 15) is 0 Å². The molecule has 0 aliphatic rings. The quantitative estimate of drug-likeness (QED) is 0.747. The number of rotatable bonds is 4. The van der Waals surface area contributed by atoms with Crippen molar-refractivity contribution in [3.8, 4) is 17.2 Å². The summed E-state index contributed by atoms with van der Waals surface area (Å²) in [5, 5.41) is 0. The fraction of sp³-hybridized carbons (Fsp3) is 0.143. The van der Waals surface area contributed by atoms with Crippen LogP contribution in [0.2, 0.25) is 0 Å². The molecule has 17 heavy (non-hydrogen) atoms. The topological polar surface area (TPSA) is 18.5 Å². The van der Waals surface area contributed by atoms with Gasteiger partial charge in [-0.3, -0.25) is 0 Å². The van der Waals surface area contributed by atoms with E-state index >= 15 is 0 Å². The number of hydrogen-bond donors (Lipinski definition) is 0. The molecule has 0 aromatic heterocycles. The van der Waals surface area contributed by atoms with E-state index in [0.29, 0.717) is 0 Å². The summed E-state index contributed by atoms with van der Waals surface area (Å²) in [6.07, 6.45) is 1.04. The lowest BCUT2D eigenvalue weighted by molar-refractivity contribution is 0.482. The maximum Gasteiger partial charge on any atom is 0.192 e. The van der Waals surface area contributed by atoms with Crippen LogP contribution >= 0.6 is 23.0 Å². The third-order valence-electron chi connectivity index (χ3n) is 2.48. The van der Waals surface area contributed by atoms with E-state index in [0.717, 1.165) is 23.7 Å². The summed E-state index contributed by atoms with van der Waals surface area (Å²) in [5.74, 6) is 2.48. The fourth-order valence-electron chi connectivity index (χ4n) is 1.49. The molecule has 0 aliphatic heterocycles. The van der Waals surface area contributed by atoms with Crippen LogP contribution in [-0.2, 0) is 6.42 Å². The summed E-state index contributed by atoms with van der Waals surface area (Å²) in [6.45, 7) is 2.14. The first-order valence-corrected chi connectivity index (χ1v) is 6.35. The zero-order valence-corrected chi connectivity index (χ0v) is 11.7. The van der Waals surface area contributed by atoms with Crippen LogP contribution in [0.15, 0.2) is 48.5 Å². The van der Waals surface area contributed by atoms with Gasteiger partial charge in [0.05, 0.1) is 0 Å². The predicted molar refractivity (Wildman–Crippen MR) is 77.0 cm³/mol. The number of hydrogen-bond acceptors (Lipinski definition) is 2. The average Bonchev–Trinajstić information content (AvgIpc) is 2.40. The summed E-state index contributed by atoms with van der Waals surface area (Å²) in [7, 11) is 0. The smallest absolute Gasteiger partial charge is 0.192 e. The highest BCUT2D eigenvalue weighted by Crippen LogP contribution is 2.24. The van der Waals surface area contributed by atoms with Crippen molar-refractivity contribution in [1.82, 2.24) is 0 Å². The Morgan fingerprint density at radius 1 is 0.824 bits per heavy atom. The largest absolute Gasteiger partial charge is 0.457 e. The Kier molecular flexibility index (Phi) is 4.25. The molecule has 0 fully saturated rings. The number of ether oxygens (including phenoxy) is 1. The zero-order chi connectivity index (χ0) is 12.1. The molecule has 2 aromatic carbocycles. The summed E-state index contributed by atoms with van der Waals surface area (Å²) in [6, 6.07) is 15.7. The Bertz CT molecular complexity index is 417. The van der Waals surface area contributed by atoms with Crippen LogP contribution in [0.25, 0.3) is 0 Å². The van der Waals surface area contributed by atoms with E-state index in [1.54, 1.807) is 0 Å². The standard InChI is InChI=1S/C14H13IO2/c1-2-11-3-5-12(6-4-11)16-13-7-9-14(17-15)10-8-13/h3-10H,2H2,1H3. The SMILES string of the molecule is CCc1ccc(Oc2ccc(OI)cc2)cc1. The maximum absolute atomic E-state index is 5.72. The molecule has 2 aromatic rings. The van der Waals surface area contributed by atoms with Crippen LogP contribution < -0.4 is 7.80 Å². The summed E-state index contributed by atoms with van der Waals surface area (Å²) >= 11 is 1.86. The van der Waals surface area contributed by atoms with Gasteiger partial charge < -0.3 is 7.80 Å². The minimum absolute atomic E-state index is 0.812. The number of benzene rings is 2. The molecule has 0 bridgehead atoms. The highest BCUT2D eigenvalue weighted by molar-refractivity contribution is 14.1. The molecule has 0 aliphatic carbocycles. The van der Waals surface area contributed by atoms with Crippen LogP contribution in [0.3, 0.4) is 0 Å². The Hall–Kier alpha value is -1.23. The highest BCUT2D eigenvalue weighted by Gasteiger charge is 1.98. The maximum atomic E-state index is 5.72. The van der Waals surface area contributed by atoms with Crippen molar-refractivity contribution in [3.63, 3.8) is 0 Å². The molecule has 0 atom stereocenters. The van der Waals surface area contributed by atoms with Gasteiger partial charge in [-0.25, -0.2) is 0 Å². The van der Waals surface area contributed by atoms with Gasteiger partial charge in [0.15, 0.2) is 23.0 Å². The van der Waals surface area contributed by atoms with Crippen molar-refractivity contribution in [2.75, 3.05) is 0 Å². The third-order valence-corrected chi connectivity index (χ3v) is 2.99. The lowest BCUT2D eigenvalue weighted by Crippen LogP contribution is -1.85. The van der Waals surface area contributed by atoms with Crippen LogP contribution in [-0.4, -0.2) is 0 Å². The van der Waals surface area contributed by atoms with E-state index in [1.807, 2.05) is 59.4 Å². The molecular formula is C14H13IO2. The van der Waals surface area contributed by atoms with E-state index < -0.39 is 0 Å². The molecule has 3 heteroatoms. The molecule has 0 saturated carbocycles. The normalized spacial score (nSPS) is 10.0. The van der Waals surface area contributed by atoms with E-state index in [2.05, 4.69) is 19.1 Å². The Morgan fingerprint density at radius 2 is 1.29 bits per heavy atom. The van der Waals surface area contributed by atoms with Gasteiger partial charge in [-0.05, 0) is 48.4 Å². The molecule has 2 nitrogen and oxygen atoms in total. The van der Waals surface area contributed by atoms with Crippen LogP contribution in [0.1, 0.15) is 12.5 Å². The first-order chi connectivity index (χ1) is 8.31. The fourth-order valence-corrected chi connectivity index (χ4v) is 1.78. The molecule has 0 heterocycles. The van der Waals surface area contributed by atoms with Crippen molar-refractivity contribution in [3.05, 3.63) is 54.1 Å². The minimum Gasteiger partial charge on any atom is -0.457 e. The van der Waals surface area contributed by atoms with Crippen molar-refractivity contribution in [2.45, 2.75) is 13.3 Å². The molecular weight excluding hydrogens is 327 g/mol. The lowest BCUT2D eigenvalue weighted by Gasteiger charge is -2.06. The third kappa shape index (κ3) is 3.36. The van der Waals surface area contributed by atoms with Crippen molar-refractivity contribution < 1.29 is 7.80 Å². The predicted octanol–water partition coefficient (Wildman–Crippen LogP) is 4.77. The van der Waals surface area contributed by atoms with Crippen LogP contribution in [0.4, 0.5) is 0 Å². The van der Waals surface area contributed by atoms with Gasteiger partial charge in [0.1, 0.15) is 17.2 Å². The minimum atomic E-state index is 0.812. The van der Waals surface area contributed by atoms with Gasteiger partial charge in [-0.15, -0.1) is 0 Å². The van der Waals surface area contributed by atoms with Crippen molar-refractivity contribution >= 4 is 23.0 Å². The van der Waals surface area contributed by atoms with Gasteiger partial charge >= 0.3 is 0 Å². The van der Waals surface area contributed by atoms with Crippen molar-refractivity contribution in [2.24, 2.45) is 0 Å². The summed E-state index contributed by atoms with van der Waals surface area (Å²) in [4.78, 5) is 0. The summed E-state index contributed by atoms with van der Waals surface area (Å²) in [5.41, 5.74) is 1.31. The molecule has 0 spiro atoms. The Morgan fingerprint density at radius 3 is 1.76 bits per heavy atom. The van der Waals surface area contributed by atoms with E-state index in [1.165, 1.54) is 5.56 Å². The van der Waals surface area contributed by atoms with E-state index in [-0.39, 0.29) is 0 Å². The molecule has 0 unspecified atom stereocenters. The van der Waals surface area contributed by atoms with Gasteiger partial charge in [-0.2, -0.15) is 0 Å². The summed E-state index contributed by atoms with van der Waals surface area (Å²) < 4.78 is 10.8. The van der Waals surface area contributed by atoms with Crippen LogP contribution in [0, 0.1) is 0 Å². The molecule has 2 rings (SSSR count). The number of aryl methyl sites for hydroxylation is 1. The van der Waals surface area contributed by atoms with Gasteiger partial charge in [0, 0.05) is 0 Å². The second kappa shape index (κ2) is 5.91. The molecule has 0 amide bonds. The first-order valence-electron chi connectivity index (χ1n) is 5.47. The Balaban J connectivity index is 2.08. The second-order valence-electron chi connectivity index (χ2n) is 3.65. The van der Waals surface area contributed by atoms with Gasteiger partial charge in [0.2, 0.25) is 0 Å². The van der Waals surface area contributed by atoms with Gasteiger partial charge in [-0.1, -0.05) is 19.1 Å². The molecule has 88 valence electrons. The number of halogens is 1. The van der Waals surface area contributed by atoms with Gasteiger partial charge in [0.25, 0.3) is 0 Å². The monoisotopic (exact) mass is 340 g/mol. The van der Waals surface area contributed by atoms with Crippen molar-refractivity contribution in [1.29, 1.82) is 0 Å². The second-order valence-corrected chi connectivity index (χ2v) is 4.09. The molecule has 0 N–H and O–H groups in total. The molecule has 0 radical (unpaired) electrons. The Labute approximate surface area is 115 Å². The average molecular weight is 340 g/mol. The van der Waals surface area contributed by atoms with Crippen LogP contribution in [0.5, 0.6) is 17.2 Å². The zero-order valence-electron chi connectivity index (χ0n) is 9.52. The highest BCUT2D eigenvalue weighted by atomic mass is 127. The first kappa shape index (κ1) is 12.2. The molecule has 0 saturated heterocycles.